The molecule has 0 unspecified atom stereocenters. The zero-order valence-electron chi connectivity index (χ0n) is 11.4. The van der Waals surface area contributed by atoms with Gasteiger partial charge in [0.1, 0.15) is 5.75 Å². The van der Waals surface area contributed by atoms with Crippen LogP contribution in [0.4, 0.5) is 0 Å². The van der Waals surface area contributed by atoms with E-state index in [1.807, 2.05) is 6.08 Å². The Labute approximate surface area is 114 Å². The quantitative estimate of drug-likeness (QED) is 0.479. The highest BCUT2D eigenvalue weighted by Gasteiger charge is 2.11. The van der Waals surface area contributed by atoms with E-state index in [2.05, 4.69) is 40.4 Å². The molecule has 102 valence electrons. The van der Waals surface area contributed by atoms with Gasteiger partial charge in [0.25, 0.3) is 0 Å². The van der Waals surface area contributed by atoms with E-state index < -0.39 is 0 Å². The van der Waals surface area contributed by atoms with Crippen LogP contribution < -0.4 is 15.4 Å². The minimum Gasteiger partial charge on any atom is -0.493 e. The molecular weight excluding hydrogens is 238 g/mol. The number of hydrogen-bond acceptors (Lipinski definition) is 2. The van der Waals surface area contributed by atoms with E-state index in [9.17, 15) is 0 Å². The van der Waals surface area contributed by atoms with E-state index >= 15 is 0 Å². The lowest BCUT2D eigenvalue weighted by molar-refractivity contribution is 0.357. The molecule has 1 heterocycles. The number of rotatable bonds is 5. The van der Waals surface area contributed by atoms with Gasteiger partial charge in [-0.05, 0) is 23.6 Å². The Balaban J connectivity index is 1.80. The molecule has 0 spiro atoms. The van der Waals surface area contributed by atoms with E-state index in [0.29, 0.717) is 0 Å². The zero-order valence-corrected chi connectivity index (χ0v) is 11.4. The maximum atomic E-state index is 5.50. The van der Waals surface area contributed by atoms with Crippen LogP contribution in [0.5, 0.6) is 5.75 Å². The van der Waals surface area contributed by atoms with Crippen LogP contribution in [0.2, 0.25) is 0 Å². The number of benzene rings is 1. The standard InChI is InChI=1S/C15H21N3O/c1-3-8-17-15(16-2)18-9-6-12-4-5-14-13(11-12)7-10-19-14/h3-5,11H,1,6-10H2,2H3,(H2,16,17,18). The van der Waals surface area contributed by atoms with Gasteiger partial charge in [-0.25, -0.2) is 0 Å². The van der Waals surface area contributed by atoms with Crippen LogP contribution >= 0.6 is 0 Å². The van der Waals surface area contributed by atoms with Gasteiger partial charge in [0.15, 0.2) is 5.96 Å². The summed E-state index contributed by atoms with van der Waals surface area (Å²) in [7, 11) is 1.77. The average molecular weight is 259 g/mol. The van der Waals surface area contributed by atoms with Gasteiger partial charge in [-0.2, -0.15) is 0 Å². The van der Waals surface area contributed by atoms with Crippen molar-refractivity contribution in [2.24, 2.45) is 4.99 Å². The van der Waals surface area contributed by atoms with Gasteiger partial charge in [-0.15, -0.1) is 6.58 Å². The molecule has 19 heavy (non-hydrogen) atoms. The summed E-state index contributed by atoms with van der Waals surface area (Å²) in [6, 6.07) is 6.44. The van der Waals surface area contributed by atoms with Gasteiger partial charge in [0, 0.05) is 26.6 Å². The molecule has 1 aromatic rings. The largest absolute Gasteiger partial charge is 0.493 e. The fraction of sp³-hybridized carbons (Fsp3) is 0.400. The first-order valence-corrected chi connectivity index (χ1v) is 6.63. The Morgan fingerprint density at radius 1 is 1.47 bits per heavy atom. The zero-order chi connectivity index (χ0) is 13.5. The van der Waals surface area contributed by atoms with E-state index in [1.54, 1.807) is 7.05 Å². The summed E-state index contributed by atoms with van der Waals surface area (Å²) in [5.41, 5.74) is 2.66. The number of nitrogens with one attached hydrogen (secondary N) is 2. The van der Waals surface area contributed by atoms with Crippen LogP contribution in [0.15, 0.2) is 35.8 Å². The fourth-order valence-corrected chi connectivity index (χ4v) is 2.11. The average Bonchev–Trinajstić information content (AvgIpc) is 2.90. The first-order valence-electron chi connectivity index (χ1n) is 6.63. The minimum absolute atomic E-state index is 0.718. The topological polar surface area (TPSA) is 45.7 Å². The first-order chi connectivity index (χ1) is 9.33. The second-order valence-electron chi connectivity index (χ2n) is 4.46. The van der Waals surface area contributed by atoms with Crippen molar-refractivity contribution >= 4 is 5.96 Å². The van der Waals surface area contributed by atoms with Crippen molar-refractivity contribution in [3.05, 3.63) is 42.0 Å². The summed E-state index contributed by atoms with van der Waals surface area (Å²) in [5.74, 6) is 1.85. The second-order valence-corrected chi connectivity index (χ2v) is 4.46. The molecule has 0 bridgehead atoms. The Hall–Kier alpha value is -1.97. The molecule has 1 aliphatic heterocycles. The summed E-state index contributed by atoms with van der Waals surface area (Å²) in [5, 5.41) is 6.43. The van der Waals surface area contributed by atoms with Gasteiger partial charge < -0.3 is 15.4 Å². The monoisotopic (exact) mass is 259 g/mol. The van der Waals surface area contributed by atoms with E-state index in [1.165, 1.54) is 11.1 Å². The third-order valence-electron chi connectivity index (χ3n) is 3.10. The van der Waals surface area contributed by atoms with E-state index in [0.717, 1.165) is 44.2 Å². The Morgan fingerprint density at radius 3 is 3.16 bits per heavy atom. The molecule has 0 atom stereocenters. The van der Waals surface area contributed by atoms with Gasteiger partial charge in [-0.1, -0.05) is 18.2 Å². The van der Waals surface area contributed by atoms with Crippen LogP contribution in [0.1, 0.15) is 11.1 Å². The van der Waals surface area contributed by atoms with Crippen molar-refractivity contribution in [3.8, 4) is 5.75 Å². The van der Waals surface area contributed by atoms with Gasteiger partial charge in [0.2, 0.25) is 0 Å². The van der Waals surface area contributed by atoms with Crippen molar-refractivity contribution in [3.63, 3.8) is 0 Å². The minimum atomic E-state index is 0.718. The number of nitrogens with zero attached hydrogens (tertiary/aromatic N) is 1. The number of hydrogen-bond donors (Lipinski definition) is 2. The molecule has 1 aliphatic rings. The highest BCUT2D eigenvalue weighted by atomic mass is 16.5. The lowest BCUT2D eigenvalue weighted by atomic mass is 10.1. The molecule has 0 fully saturated rings. The molecule has 1 aromatic carbocycles. The third-order valence-corrected chi connectivity index (χ3v) is 3.10. The molecule has 4 nitrogen and oxygen atoms in total. The third kappa shape index (κ3) is 3.74. The van der Waals surface area contributed by atoms with Gasteiger partial charge in [0.05, 0.1) is 6.61 Å². The highest BCUT2D eigenvalue weighted by molar-refractivity contribution is 5.79. The lowest BCUT2D eigenvalue weighted by Crippen LogP contribution is -2.38. The van der Waals surface area contributed by atoms with Gasteiger partial charge in [-0.3, -0.25) is 4.99 Å². The lowest BCUT2D eigenvalue weighted by Gasteiger charge is -2.10. The summed E-state index contributed by atoms with van der Waals surface area (Å²) in [4.78, 5) is 4.14. The fourth-order valence-electron chi connectivity index (χ4n) is 2.11. The molecule has 0 amide bonds. The smallest absolute Gasteiger partial charge is 0.191 e. The number of guanidine groups is 1. The van der Waals surface area contributed by atoms with Crippen LogP contribution in [0, 0.1) is 0 Å². The maximum Gasteiger partial charge on any atom is 0.191 e. The van der Waals surface area contributed by atoms with Gasteiger partial charge >= 0.3 is 0 Å². The van der Waals surface area contributed by atoms with Crippen molar-refractivity contribution < 1.29 is 4.74 Å². The highest BCUT2D eigenvalue weighted by Crippen LogP contribution is 2.25. The van der Waals surface area contributed by atoms with Crippen LogP contribution in [0.25, 0.3) is 0 Å². The Kier molecular flexibility index (Phi) is 4.84. The number of aliphatic imine (C=N–C) groups is 1. The number of fused-ring (bicyclic) bond motifs is 1. The summed E-state index contributed by atoms with van der Waals surface area (Å²) in [6.07, 6.45) is 3.81. The molecule has 2 N–H and O–H groups in total. The van der Waals surface area contributed by atoms with Crippen molar-refractivity contribution in [2.45, 2.75) is 12.8 Å². The molecular formula is C15H21N3O. The normalized spacial score (nSPS) is 13.6. The number of ether oxygens (including phenoxy) is 1. The molecule has 2 rings (SSSR count). The van der Waals surface area contributed by atoms with Crippen molar-refractivity contribution in [2.75, 3.05) is 26.7 Å². The van der Waals surface area contributed by atoms with Crippen LogP contribution in [-0.4, -0.2) is 32.7 Å². The summed E-state index contributed by atoms with van der Waals surface area (Å²) in [6.45, 7) is 6.06. The maximum absolute atomic E-state index is 5.50. The predicted octanol–water partition coefficient (Wildman–Crippen LogP) is 1.51. The van der Waals surface area contributed by atoms with Crippen molar-refractivity contribution in [1.82, 2.24) is 10.6 Å². The molecule has 0 aliphatic carbocycles. The Bertz CT molecular complexity index is 468. The SMILES string of the molecule is C=CCNC(=NC)NCCc1ccc2c(c1)CCO2. The molecule has 0 aromatic heterocycles. The predicted molar refractivity (Wildman–Crippen MR) is 78.9 cm³/mol. The van der Waals surface area contributed by atoms with Crippen LogP contribution in [0.3, 0.4) is 0 Å². The van der Waals surface area contributed by atoms with E-state index in [4.69, 9.17) is 4.74 Å². The summed E-state index contributed by atoms with van der Waals surface area (Å²) < 4.78 is 5.50. The molecule has 0 saturated heterocycles. The van der Waals surface area contributed by atoms with Crippen molar-refractivity contribution in [1.29, 1.82) is 0 Å². The molecule has 4 heteroatoms. The molecule has 0 radical (unpaired) electrons. The summed E-state index contributed by atoms with van der Waals surface area (Å²) >= 11 is 0. The van der Waals surface area contributed by atoms with E-state index in [-0.39, 0.29) is 0 Å². The Morgan fingerprint density at radius 2 is 2.37 bits per heavy atom. The van der Waals surface area contributed by atoms with Crippen LogP contribution in [-0.2, 0) is 12.8 Å². The first kappa shape index (κ1) is 13.5. The molecule has 0 saturated carbocycles. The second kappa shape index (κ2) is 6.83.